The van der Waals surface area contributed by atoms with Crippen LogP contribution in [0.2, 0.25) is 0 Å². The minimum atomic E-state index is -3.74. The molecule has 0 radical (unpaired) electrons. The number of fused-ring (bicyclic) bond motifs is 3. The molecule has 3 heterocycles. The number of morpholine rings is 1. The van der Waals surface area contributed by atoms with E-state index >= 15 is 0 Å². The molecule has 2 N–H and O–H groups in total. The zero-order valence-corrected chi connectivity index (χ0v) is 24.0. The number of sulfonamides is 1. The summed E-state index contributed by atoms with van der Waals surface area (Å²) in [6.45, 7) is 3.84. The van der Waals surface area contributed by atoms with Crippen molar-refractivity contribution in [3.05, 3.63) is 84.4 Å². The number of nitrogens with one attached hydrogen (secondary N) is 2. The maximum absolute atomic E-state index is 13.5. The molecule has 3 aromatic carbocycles. The summed E-state index contributed by atoms with van der Waals surface area (Å²) in [6.07, 6.45) is 1.69. The van der Waals surface area contributed by atoms with Crippen molar-refractivity contribution >= 4 is 39.3 Å². The van der Waals surface area contributed by atoms with Crippen molar-refractivity contribution in [2.24, 2.45) is 5.10 Å². The van der Waals surface area contributed by atoms with E-state index in [0.29, 0.717) is 34.4 Å². The van der Waals surface area contributed by atoms with E-state index in [1.54, 1.807) is 36.1 Å². The van der Waals surface area contributed by atoms with Crippen LogP contribution in [0, 0.1) is 0 Å². The number of aromatic nitrogens is 2. The molecule has 210 valence electrons. The first-order chi connectivity index (χ1) is 19.9. The van der Waals surface area contributed by atoms with Gasteiger partial charge in [-0.1, -0.05) is 60.7 Å². The Morgan fingerprint density at radius 3 is 2.49 bits per heavy atom. The second-order valence-corrected chi connectivity index (χ2v) is 12.0. The summed E-state index contributed by atoms with van der Waals surface area (Å²) in [5, 5.41) is 12.8. The summed E-state index contributed by atoms with van der Waals surface area (Å²) < 4.78 is 35.4. The van der Waals surface area contributed by atoms with E-state index in [-0.39, 0.29) is 4.90 Å². The lowest BCUT2D eigenvalue weighted by molar-refractivity contribution is 0.0366. The van der Waals surface area contributed by atoms with E-state index < -0.39 is 10.0 Å². The molecule has 0 bridgehead atoms. The van der Waals surface area contributed by atoms with E-state index in [1.807, 2.05) is 60.7 Å². The predicted octanol–water partition coefficient (Wildman–Crippen LogP) is 3.43. The number of anilines is 1. The van der Waals surface area contributed by atoms with E-state index in [2.05, 4.69) is 20.7 Å². The van der Waals surface area contributed by atoms with Crippen LogP contribution in [0.3, 0.4) is 0 Å². The van der Waals surface area contributed by atoms with Crippen LogP contribution in [0.25, 0.3) is 28.2 Å². The van der Waals surface area contributed by atoms with E-state index in [4.69, 9.17) is 22.1 Å². The molecule has 10 nitrogen and oxygen atoms in total. The normalized spacial score (nSPS) is 16.3. The van der Waals surface area contributed by atoms with Crippen LogP contribution < -0.4 is 15.0 Å². The lowest BCUT2D eigenvalue weighted by Crippen LogP contribution is -2.45. The molecule has 6 rings (SSSR count). The SMILES string of the molecule is CN1c2c(nn(-c3ccc(/C=N/NC(=S)NCN4CCOCC4)cc3)c2-c2ccccc2)-c2ccccc2S1(=O)=O. The Morgan fingerprint density at radius 1 is 1.02 bits per heavy atom. The van der Waals surface area contributed by atoms with Crippen molar-refractivity contribution < 1.29 is 13.2 Å². The van der Waals surface area contributed by atoms with E-state index in [9.17, 15) is 8.42 Å². The molecule has 12 heteroatoms. The van der Waals surface area contributed by atoms with Crippen LogP contribution in [0.5, 0.6) is 0 Å². The van der Waals surface area contributed by atoms with Gasteiger partial charge in [0.1, 0.15) is 11.4 Å². The van der Waals surface area contributed by atoms with Crippen LogP contribution in [0.15, 0.2) is 88.9 Å². The Labute approximate surface area is 244 Å². The van der Waals surface area contributed by atoms with Gasteiger partial charge in [0.2, 0.25) is 0 Å². The quantitative estimate of drug-likeness (QED) is 0.201. The lowest BCUT2D eigenvalue weighted by atomic mass is 10.1. The molecule has 0 saturated carbocycles. The molecule has 1 aromatic heterocycles. The standard InChI is InChI=1S/C29H29N7O3S2/c1-34-28-26(24-9-5-6-10-25(24)41(34,37)38)33-36(27(28)22-7-3-2-4-8-22)23-13-11-21(12-14-23)19-31-32-29(40)30-20-35-15-17-39-18-16-35/h2-14,19H,15-18,20H2,1H3,(H2,30,32,40)/b31-19+. The zero-order valence-electron chi connectivity index (χ0n) is 22.4. The van der Waals surface area contributed by atoms with Crippen molar-refractivity contribution in [1.29, 1.82) is 0 Å². The largest absolute Gasteiger partial charge is 0.379 e. The Kier molecular flexibility index (Phi) is 7.54. The van der Waals surface area contributed by atoms with Gasteiger partial charge >= 0.3 is 0 Å². The Bertz CT molecular complexity index is 1700. The van der Waals surface area contributed by atoms with Gasteiger partial charge in [-0.05, 0) is 36.0 Å². The molecule has 1 saturated heterocycles. The molecular weight excluding hydrogens is 558 g/mol. The topological polar surface area (TPSA) is 104 Å². The van der Waals surface area contributed by atoms with Gasteiger partial charge in [0.25, 0.3) is 10.0 Å². The fourth-order valence-corrected chi connectivity index (χ4v) is 6.45. The fraction of sp³-hybridized carbons (Fsp3) is 0.207. The summed E-state index contributed by atoms with van der Waals surface area (Å²) in [7, 11) is -2.16. The van der Waals surface area contributed by atoms with Crippen LogP contribution in [0.1, 0.15) is 5.56 Å². The van der Waals surface area contributed by atoms with Gasteiger partial charge in [-0.25, -0.2) is 13.1 Å². The first-order valence-corrected chi connectivity index (χ1v) is 15.0. The number of nitrogens with zero attached hydrogens (tertiary/aromatic N) is 5. The van der Waals surface area contributed by atoms with Crippen molar-refractivity contribution in [2.75, 3.05) is 44.3 Å². The van der Waals surface area contributed by atoms with Crippen molar-refractivity contribution in [3.63, 3.8) is 0 Å². The second-order valence-electron chi connectivity index (χ2n) is 9.65. The summed E-state index contributed by atoms with van der Waals surface area (Å²) in [5.41, 5.74) is 7.80. The molecular formula is C29H29N7O3S2. The third kappa shape index (κ3) is 5.34. The highest BCUT2D eigenvalue weighted by molar-refractivity contribution is 7.93. The van der Waals surface area contributed by atoms with Crippen molar-refractivity contribution in [3.8, 4) is 28.2 Å². The van der Waals surface area contributed by atoms with Gasteiger partial charge in [-0.3, -0.25) is 14.6 Å². The fourth-order valence-electron chi connectivity index (χ4n) is 4.94. The highest BCUT2D eigenvalue weighted by atomic mass is 32.2. The Balaban J connectivity index is 1.28. The third-order valence-corrected chi connectivity index (χ3v) is 9.14. The van der Waals surface area contributed by atoms with Crippen LogP contribution in [0.4, 0.5) is 5.69 Å². The molecule has 0 aliphatic carbocycles. The maximum Gasteiger partial charge on any atom is 0.264 e. The van der Waals surface area contributed by atoms with Gasteiger partial charge in [0, 0.05) is 31.3 Å². The van der Waals surface area contributed by atoms with Crippen LogP contribution in [-0.2, 0) is 14.8 Å². The average molecular weight is 588 g/mol. The number of thiocarbonyl (C=S) groups is 1. The summed E-state index contributed by atoms with van der Waals surface area (Å²) in [6, 6.07) is 24.4. The summed E-state index contributed by atoms with van der Waals surface area (Å²) >= 11 is 5.33. The first-order valence-electron chi connectivity index (χ1n) is 13.2. The van der Waals surface area contributed by atoms with Gasteiger partial charge in [-0.15, -0.1) is 0 Å². The minimum Gasteiger partial charge on any atom is -0.379 e. The molecule has 0 amide bonds. The minimum absolute atomic E-state index is 0.246. The number of hydrogen-bond acceptors (Lipinski definition) is 7. The number of hydrazone groups is 1. The number of benzene rings is 3. The molecule has 0 atom stereocenters. The molecule has 41 heavy (non-hydrogen) atoms. The maximum atomic E-state index is 13.5. The first kappa shape index (κ1) is 27.1. The zero-order chi connectivity index (χ0) is 28.4. The molecule has 0 unspecified atom stereocenters. The smallest absolute Gasteiger partial charge is 0.264 e. The number of hydrogen-bond donors (Lipinski definition) is 2. The number of rotatable bonds is 6. The Hall–Kier alpha value is -4.10. The monoisotopic (exact) mass is 587 g/mol. The number of ether oxygens (including phenoxy) is 1. The van der Waals surface area contributed by atoms with Crippen molar-refractivity contribution in [2.45, 2.75) is 4.90 Å². The highest BCUT2D eigenvalue weighted by Gasteiger charge is 2.38. The summed E-state index contributed by atoms with van der Waals surface area (Å²) in [5.74, 6) is 0. The molecule has 2 aliphatic heterocycles. The third-order valence-electron chi connectivity index (χ3n) is 7.09. The second kappa shape index (κ2) is 11.4. The molecule has 1 fully saturated rings. The van der Waals surface area contributed by atoms with Gasteiger partial charge < -0.3 is 10.1 Å². The summed E-state index contributed by atoms with van der Waals surface area (Å²) in [4.78, 5) is 2.47. The van der Waals surface area contributed by atoms with Gasteiger partial charge in [0.15, 0.2) is 5.11 Å². The Morgan fingerprint density at radius 2 is 1.73 bits per heavy atom. The highest BCUT2D eigenvalue weighted by Crippen LogP contribution is 2.47. The van der Waals surface area contributed by atoms with E-state index in [0.717, 1.165) is 43.1 Å². The van der Waals surface area contributed by atoms with Crippen LogP contribution >= 0.6 is 12.2 Å². The molecule has 0 spiro atoms. The average Bonchev–Trinajstić information content (AvgIpc) is 3.41. The van der Waals surface area contributed by atoms with Crippen molar-refractivity contribution in [1.82, 2.24) is 25.4 Å². The molecule has 4 aromatic rings. The lowest BCUT2D eigenvalue weighted by Gasteiger charge is -2.26. The van der Waals surface area contributed by atoms with Crippen LogP contribution in [-0.4, -0.2) is 74.4 Å². The van der Waals surface area contributed by atoms with Gasteiger partial charge in [-0.2, -0.15) is 10.2 Å². The van der Waals surface area contributed by atoms with Gasteiger partial charge in [0.05, 0.1) is 42.4 Å². The van der Waals surface area contributed by atoms with E-state index in [1.165, 1.54) is 4.31 Å². The molecule has 2 aliphatic rings. The predicted molar refractivity (Wildman–Crippen MR) is 164 cm³/mol.